The van der Waals surface area contributed by atoms with Crippen molar-refractivity contribution in [1.29, 1.82) is 0 Å². The molecule has 2 aliphatic rings. The highest BCUT2D eigenvalue weighted by atomic mass is 16.5. The third-order valence-corrected chi connectivity index (χ3v) is 6.90. The number of nitrogens with one attached hydrogen (secondary N) is 1. The predicted molar refractivity (Wildman–Crippen MR) is 134 cm³/mol. The van der Waals surface area contributed by atoms with Gasteiger partial charge in [-0.3, -0.25) is 19.5 Å². The van der Waals surface area contributed by atoms with Crippen LogP contribution in [0.5, 0.6) is 5.75 Å². The third kappa shape index (κ3) is 6.38. The number of rotatable bonds is 5. The van der Waals surface area contributed by atoms with Gasteiger partial charge in [0.25, 0.3) is 5.91 Å². The van der Waals surface area contributed by atoms with Gasteiger partial charge >= 0.3 is 0 Å². The summed E-state index contributed by atoms with van der Waals surface area (Å²) < 4.78 is 12.1. The number of carbonyl (C=O) groups excluding carboxylic acids is 2. The number of methoxy groups -OCH3 is 1. The molecular weight excluding hydrogens is 444 g/mol. The predicted octanol–water partition coefficient (Wildman–Crippen LogP) is 3.44. The maximum absolute atomic E-state index is 13.3. The lowest BCUT2D eigenvalue weighted by molar-refractivity contribution is -0.117. The second-order valence-electron chi connectivity index (χ2n) is 9.86. The number of carbonyl (C=O) groups is 2. The first-order chi connectivity index (χ1) is 16.9. The molecule has 2 amide bonds. The van der Waals surface area contributed by atoms with Gasteiger partial charge in [0.15, 0.2) is 0 Å². The van der Waals surface area contributed by atoms with E-state index in [1.165, 1.54) is 0 Å². The van der Waals surface area contributed by atoms with Crippen molar-refractivity contribution in [3.63, 3.8) is 0 Å². The molecule has 8 nitrogen and oxygen atoms in total. The summed E-state index contributed by atoms with van der Waals surface area (Å²) in [7, 11) is 3.49. The molecule has 0 unspecified atom stereocenters. The van der Waals surface area contributed by atoms with Gasteiger partial charge in [-0.05, 0) is 49.4 Å². The van der Waals surface area contributed by atoms with Gasteiger partial charge in [0.1, 0.15) is 12.4 Å². The van der Waals surface area contributed by atoms with E-state index in [-0.39, 0.29) is 35.8 Å². The molecule has 188 valence electrons. The Labute approximate surface area is 207 Å². The van der Waals surface area contributed by atoms with E-state index in [0.717, 1.165) is 31.5 Å². The highest BCUT2D eigenvalue weighted by molar-refractivity contribution is 5.99. The first-order valence-corrected chi connectivity index (χ1v) is 12.3. The SMILES string of the molecule is CO[C@H]1CN(C)C(=O)c2ccc(NC(=O)C3CC3)cc2OC[C@@H](C)N(Cc2cccnc2)C[C@@H]1C. The van der Waals surface area contributed by atoms with Crippen LogP contribution in [0.2, 0.25) is 0 Å². The summed E-state index contributed by atoms with van der Waals surface area (Å²) in [6.45, 7) is 6.66. The fourth-order valence-corrected chi connectivity index (χ4v) is 4.46. The van der Waals surface area contributed by atoms with Crippen LogP contribution >= 0.6 is 0 Å². The Morgan fingerprint density at radius 3 is 2.71 bits per heavy atom. The minimum absolute atomic E-state index is 0.0227. The van der Waals surface area contributed by atoms with Crippen molar-refractivity contribution >= 4 is 17.5 Å². The van der Waals surface area contributed by atoms with Crippen LogP contribution in [-0.4, -0.2) is 72.6 Å². The van der Waals surface area contributed by atoms with Crippen molar-refractivity contribution in [1.82, 2.24) is 14.8 Å². The summed E-state index contributed by atoms with van der Waals surface area (Å²) in [6.07, 6.45) is 5.41. The maximum atomic E-state index is 13.3. The van der Waals surface area contributed by atoms with Crippen molar-refractivity contribution in [2.24, 2.45) is 11.8 Å². The number of likely N-dealkylation sites (N-methyl/N-ethyl adjacent to an activating group) is 1. The molecular formula is C27H36N4O4. The zero-order chi connectivity index (χ0) is 24.9. The lowest BCUT2D eigenvalue weighted by Gasteiger charge is -2.36. The molecule has 4 rings (SSSR count). The molecule has 1 aliphatic heterocycles. The molecule has 1 aromatic heterocycles. The molecule has 1 saturated carbocycles. The number of benzene rings is 1. The highest BCUT2D eigenvalue weighted by Crippen LogP contribution is 2.32. The van der Waals surface area contributed by atoms with Crippen LogP contribution in [0.3, 0.4) is 0 Å². The zero-order valence-corrected chi connectivity index (χ0v) is 21.1. The van der Waals surface area contributed by atoms with Gasteiger partial charge in [-0.25, -0.2) is 0 Å². The smallest absolute Gasteiger partial charge is 0.257 e. The molecule has 0 saturated heterocycles. The van der Waals surface area contributed by atoms with Crippen molar-refractivity contribution in [2.45, 2.75) is 45.4 Å². The molecule has 3 atom stereocenters. The van der Waals surface area contributed by atoms with E-state index < -0.39 is 0 Å². The molecule has 0 bridgehead atoms. The van der Waals surface area contributed by atoms with Gasteiger partial charge in [-0.15, -0.1) is 0 Å². The second-order valence-corrected chi connectivity index (χ2v) is 9.86. The number of ether oxygens (including phenoxy) is 2. The molecule has 0 spiro atoms. The molecule has 1 aromatic carbocycles. The molecule has 1 fully saturated rings. The average molecular weight is 481 g/mol. The minimum Gasteiger partial charge on any atom is -0.491 e. The van der Waals surface area contributed by atoms with E-state index in [1.807, 2.05) is 12.3 Å². The Kier molecular flexibility index (Phi) is 8.03. The summed E-state index contributed by atoms with van der Waals surface area (Å²) in [4.78, 5) is 33.9. The number of nitrogens with zero attached hydrogens (tertiary/aromatic N) is 3. The molecule has 35 heavy (non-hydrogen) atoms. The number of aromatic nitrogens is 1. The van der Waals surface area contributed by atoms with Crippen molar-refractivity contribution in [3.05, 3.63) is 53.9 Å². The topological polar surface area (TPSA) is 84.0 Å². The Morgan fingerprint density at radius 1 is 1.23 bits per heavy atom. The fraction of sp³-hybridized carbons (Fsp3) is 0.519. The number of pyridine rings is 1. The fourth-order valence-electron chi connectivity index (χ4n) is 4.46. The first-order valence-electron chi connectivity index (χ1n) is 12.3. The normalized spacial score (nSPS) is 24.1. The zero-order valence-electron chi connectivity index (χ0n) is 21.1. The standard InChI is InChI=1S/C27H36N4O4/c1-18-14-31(15-20-6-5-11-28-13-20)19(2)17-35-24-12-22(29-26(32)21-7-8-21)9-10-23(24)27(33)30(3)16-25(18)34-4/h5-6,9-13,18-19,21,25H,7-8,14-17H2,1-4H3,(H,29,32)/t18-,19+,25-/m0/s1. The van der Waals surface area contributed by atoms with Crippen molar-refractivity contribution in [2.75, 3.05) is 39.2 Å². The maximum Gasteiger partial charge on any atom is 0.257 e. The number of anilines is 1. The van der Waals surface area contributed by atoms with E-state index >= 15 is 0 Å². The Balaban J connectivity index is 1.62. The molecule has 8 heteroatoms. The number of hydrogen-bond donors (Lipinski definition) is 1. The van der Waals surface area contributed by atoms with E-state index in [0.29, 0.717) is 30.2 Å². The van der Waals surface area contributed by atoms with Gasteiger partial charge < -0.3 is 19.7 Å². The lowest BCUT2D eigenvalue weighted by atomic mass is 10.0. The van der Waals surface area contributed by atoms with Gasteiger partial charge in [-0.1, -0.05) is 13.0 Å². The summed E-state index contributed by atoms with van der Waals surface area (Å²) in [5.41, 5.74) is 2.25. The second kappa shape index (κ2) is 11.2. The minimum atomic E-state index is -0.130. The Morgan fingerprint density at radius 2 is 2.03 bits per heavy atom. The summed E-state index contributed by atoms with van der Waals surface area (Å²) in [5, 5.41) is 2.96. The van der Waals surface area contributed by atoms with Crippen LogP contribution in [0.25, 0.3) is 0 Å². The summed E-state index contributed by atoms with van der Waals surface area (Å²) in [5.74, 6) is 0.655. The highest BCUT2D eigenvalue weighted by Gasteiger charge is 2.31. The largest absolute Gasteiger partial charge is 0.491 e. The van der Waals surface area contributed by atoms with Crippen LogP contribution in [0.1, 0.15) is 42.6 Å². The van der Waals surface area contributed by atoms with E-state index in [4.69, 9.17) is 9.47 Å². The molecule has 2 heterocycles. The van der Waals surface area contributed by atoms with Crippen LogP contribution in [0.4, 0.5) is 5.69 Å². The molecule has 1 aliphatic carbocycles. The molecule has 2 aromatic rings. The van der Waals surface area contributed by atoms with E-state index in [2.05, 4.69) is 35.1 Å². The number of amides is 2. The van der Waals surface area contributed by atoms with Crippen molar-refractivity contribution in [3.8, 4) is 5.75 Å². The van der Waals surface area contributed by atoms with E-state index in [9.17, 15) is 9.59 Å². The van der Waals surface area contributed by atoms with E-state index in [1.54, 1.807) is 43.5 Å². The summed E-state index contributed by atoms with van der Waals surface area (Å²) in [6, 6.07) is 9.37. The first kappa shape index (κ1) is 25.1. The van der Waals surface area contributed by atoms with Gasteiger partial charge in [0, 0.05) is 69.9 Å². The van der Waals surface area contributed by atoms with Gasteiger partial charge in [0.05, 0.1) is 11.7 Å². The monoisotopic (exact) mass is 480 g/mol. The lowest BCUT2D eigenvalue weighted by Crippen LogP contribution is -2.46. The number of hydrogen-bond acceptors (Lipinski definition) is 6. The summed E-state index contributed by atoms with van der Waals surface area (Å²) >= 11 is 0. The molecule has 1 N–H and O–H groups in total. The van der Waals surface area contributed by atoms with Crippen LogP contribution in [0.15, 0.2) is 42.7 Å². The van der Waals surface area contributed by atoms with Gasteiger partial charge in [-0.2, -0.15) is 0 Å². The Bertz CT molecular complexity index is 1030. The average Bonchev–Trinajstić information content (AvgIpc) is 3.71. The Hall–Kier alpha value is -2.97. The van der Waals surface area contributed by atoms with Gasteiger partial charge in [0.2, 0.25) is 5.91 Å². The van der Waals surface area contributed by atoms with Crippen LogP contribution < -0.4 is 10.1 Å². The number of fused-ring (bicyclic) bond motifs is 1. The molecule has 0 radical (unpaired) electrons. The third-order valence-electron chi connectivity index (χ3n) is 6.90. The quantitative estimate of drug-likeness (QED) is 0.706. The van der Waals surface area contributed by atoms with Crippen LogP contribution in [-0.2, 0) is 16.1 Å². The van der Waals surface area contributed by atoms with Crippen LogP contribution in [0, 0.1) is 11.8 Å². The van der Waals surface area contributed by atoms with Crippen molar-refractivity contribution < 1.29 is 19.1 Å².